The van der Waals surface area contributed by atoms with Crippen LogP contribution in [0.3, 0.4) is 0 Å². The van der Waals surface area contributed by atoms with E-state index >= 15 is 0 Å². The number of hydroxylamine groups is 1. The van der Waals surface area contributed by atoms with E-state index in [0.29, 0.717) is 12.5 Å². The average Bonchev–Trinajstić information content (AvgIpc) is 2.34. The van der Waals surface area contributed by atoms with Crippen molar-refractivity contribution < 1.29 is 4.84 Å². The molecular formula is C14H18N2O. The quantitative estimate of drug-likeness (QED) is 0.633. The summed E-state index contributed by atoms with van der Waals surface area (Å²) in [5.41, 5.74) is 5.18. The van der Waals surface area contributed by atoms with Crippen molar-refractivity contribution in [3.05, 3.63) is 42.1 Å². The molecule has 0 unspecified atom stereocenters. The Balaban J connectivity index is 2.03. The number of aromatic nitrogens is 1. The highest BCUT2D eigenvalue weighted by Gasteiger charge is 2.01. The van der Waals surface area contributed by atoms with Gasteiger partial charge in [-0.3, -0.25) is 4.98 Å². The highest BCUT2D eigenvalue weighted by molar-refractivity contribution is 5.81. The first-order valence-electron chi connectivity index (χ1n) is 5.94. The summed E-state index contributed by atoms with van der Waals surface area (Å²) < 4.78 is 0. The minimum absolute atomic E-state index is 0.535. The molecule has 1 heterocycles. The Morgan fingerprint density at radius 1 is 1.24 bits per heavy atom. The van der Waals surface area contributed by atoms with Gasteiger partial charge in [0, 0.05) is 18.1 Å². The number of nitrogens with zero attached hydrogens (tertiary/aromatic N) is 1. The van der Waals surface area contributed by atoms with Gasteiger partial charge in [-0.1, -0.05) is 38.1 Å². The van der Waals surface area contributed by atoms with Crippen LogP contribution in [0.5, 0.6) is 0 Å². The van der Waals surface area contributed by atoms with Gasteiger partial charge in [-0.05, 0) is 17.5 Å². The van der Waals surface area contributed by atoms with E-state index in [1.807, 2.05) is 18.3 Å². The summed E-state index contributed by atoms with van der Waals surface area (Å²) in [7, 11) is 0. The maximum atomic E-state index is 5.37. The summed E-state index contributed by atoms with van der Waals surface area (Å²) in [5.74, 6) is 0.535. The highest BCUT2D eigenvalue weighted by atomic mass is 16.6. The van der Waals surface area contributed by atoms with Crippen LogP contribution in [-0.4, -0.2) is 11.6 Å². The van der Waals surface area contributed by atoms with E-state index < -0.39 is 0 Å². The van der Waals surface area contributed by atoms with Crippen LogP contribution < -0.4 is 5.48 Å². The molecule has 17 heavy (non-hydrogen) atoms. The van der Waals surface area contributed by atoms with E-state index in [-0.39, 0.29) is 0 Å². The van der Waals surface area contributed by atoms with Gasteiger partial charge < -0.3 is 4.84 Å². The molecule has 1 aromatic heterocycles. The van der Waals surface area contributed by atoms with Crippen LogP contribution in [-0.2, 0) is 11.4 Å². The number of nitrogens with one attached hydrogen (secondary N) is 1. The minimum Gasteiger partial charge on any atom is -0.301 e. The second-order valence-corrected chi connectivity index (χ2v) is 4.52. The first kappa shape index (κ1) is 12.0. The molecule has 1 N–H and O–H groups in total. The van der Waals surface area contributed by atoms with Crippen molar-refractivity contribution in [1.29, 1.82) is 0 Å². The van der Waals surface area contributed by atoms with Crippen molar-refractivity contribution in [3.8, 4) is 0 Å². The lowest BCUT2D eigenvalue weighted by Gasteiger charge is -2.09. The monoisotopic (exact) mass is 230 g/mol. The summed E-state index contributed by atoms with van der Waals surface area (Å²) in [6.07, 6.45) is 1.82. The lowest BCUT2D eigenvalue weighted by Crippen LogP contribution is -2.17. The zero-order chi connectivity index (χ0) is 12.1. The molecule has 0 aliphatic carbocycles. The molecule has 0 amide bonds. The van der Waals surface area contributed by atoms with Crippen LogP contribution in [0.4, 0.5) is 0 Å². The maximum absolute atomic E-state index is 5.37. The van der Waals surface area contributed by atoms with Gasteiger partial charge in [-0.2, -0.15) is 5.48 Å². The van der Waals surface area contributed by atoms with Gasteiger partial charge in [0.25, 0.3) is 0 Å². The normalized spacial score (nSPS) is 11.2. The van der Waals surface area contributed by atoms with E-state index in [9.17, 15) is 0 Å². The van der Waals surface area contributed by atoms with E-state index in [1.165, 1.54) is 0 Å². The van der Waals surface area contributed by atoms with Gasteiger partial charge >= 0.3 is 0 Å². The molecule has 0 fully saturated rings. The molecule has 0 radical (unpaired) electrons. The molecule has 3 heteroatoms. The molecule has 0 saturated carbocycles. The van der Waals surface area contributed by atoms with Crippen molar-refractivity contribution in [2.24, 2.45) is 5.92 Å². The van der Waals surface area contributed by atoms with Crippen molar-refractivity contribution in [2.75, 3.05) is 6.61 Å². The third-order valence-corrected chi connectivity index (χ3v) is 2.50. The summed E-state index contributed by atoms with van der Waals surface area (Å²) in [5, 5.41) is 1.16. The molecule has 0 spiro atoms. The molecular weight excluding hydrogens is 212 g/mol. The first-order chi connectivity index (χ1) is 8.27. The van der Waals surface area contributed by atoms with Gasteiger partial charge in [-0.15, -0.1) is 0 Å². The van der Waals surface area contributed by atoms with Crippen LogP contribution in [0.1, 0.15) is 19.4 Å². The summed E-state index contributed by atoms with van der Waals surface area (Å²) in [6.45, 7) is 5.65. The van der Waals surface area contributed by atoms with Crippen LogP contribution in [0.15, 0.2) is 36.5 Å². The van der Waals surface area contributed by atoms with E-state index in [4.69, 9.17) is 4.84 Å². The van der Waals surface area contributed by atoms with Crippen LogP contribution in [0.2, 0.25) is 0 Å². The molecule has 2 aromatic rings. The number of para-hydroxylation sites is 1. The lowest BCUT2D eigenvalue weighted by molar-refractivity contribution is 0.0198. The molecule has 2 rings (SSSR count). The van der Waals surface area contributed by atoms with Crippen LogP contribution in [0, 0.1) is 5.92 Å². The zero-order valence-corrected chi connectivity index (χ0v) is 10.3. The summed E-state index contributed by atoms with van der Waals surface area (Å²) in [6, 6.07) is 10.2. The number of hydrogen-bond acceptors (Lipinski definition) is 3. The zero-order valence-electron chi connectivity index (χ0n) is 10.3. The Kier molecular flexibility index (Phi) is 4.07. The lowest BCUT2D eigenvalue weighted by atomic mass is 10.1. The topological polar surface area (TPSA) is 34.1 Å². The minimum atomic E-state index is 0.535. The van der Waals surface area contributed by atoms with Crippen LogP contribution >= 0.6 is 0 Å². The fraction of sp³-hybridized carbons (Fsp3) is 0.357. The third-order valence-electron chi connectivity index (χ3n) is 2.50. The fourth-order valence-corrected chi connectivity index (χ4v) is 1.66. The first-order valence-corrected chi connectivity index (χ1v) is 5.94. The molecule has 0 bridgehead atoms. The summed E-state index contributed by atoms with van der Waals surface area (Å²) >= 11 is 0. The second-order valence-electron chi connectivity index (χ2n) is 4.52. The fourth-order valence-electron chi connectivity index (χ4n) is 1.66. The molecule has 0 aliphatic heterocycles. The number of rotatable bonds is 5. The molecule has 1 aromatic carbocycles. The van der Waals surface area contributed by atoms with Crippen molar-refractivity contribution >= 4 is 10.9 Å². The van der Waals surface area contributed by atoms with Gasteiger partial charge in [0.1, 0.15) is 0 Å². The predicted octanol–water partition coefficient (Wildman–Crippen LogP) is 2.91. The Labute approximate surface area is 102 Å². The van der Waals surface area contributed by atoms with E-state index in [2.05, 4.69) is 42.5 Å². The van der Waals surface area contributed by atoms with Crippen molar-refractivity contribution in [1.82, 2.24) is 10.5 Å². The third kappa shape index (κ3) is 3.25. The Morgan fingerprint density at radius 3 is 2.88 bits per heavy atom. The summed E-state index contributed by atoms with van der Waals surface area (Å²) in [4.78, 5) is 9.77. The van der Waals surface area contributed by atoms with Gasteiger partial charge in [0.2, 0.25) is 0 Å². The standard InChI is InChI=1S/C14H18N2O/c1-11(2)10-17-16-9-13-6-3-5-12-7-4-8-15-14(12)13/h3-8,11,16H,9-10H2,1-2H3. The number of hydrogen-bond donors (Lipinski definition) is 1. The molecule has 0 saturated heterocycles. The molecule has 3 nitrogen and oxygen atoms in total. The number of pyridine rings is 1. The Hall–Kier alpha value is -1.45. The number of fused-ring (bicyclic) bond motifs is 1. The van der Waals surface area contributed by atoms with Crippen molar-refractivity contribution in [3.63, 3.8) is 0 Å². The molecule has 0 aliphatic rings. The highest BCUT2D eigenvalue weighted by Crippen LogP contribution is 2.15. The van der Waals surface area contributed by atoms with Crippen molar-refractivity contribution in [2.45, 2.75) is 20.4 Å². The Bertz CT molecular complexity index is 477. The second kappa shape index (κ2) is 5.75. The molecule has 90 valence electrons. The van der Waals surface area contributed by atoms with Gasteiger partial charge in [-0.25, -0.2) is 0 Å². The van der Waals surface area contributed by atoms with E-state index in [0.717, 1.165) is 23.1 Å². The predicted molar refractivity (Wildman–Crippen MR) is 69.4 cm³/mol. The van der Waals surface area contributed by atoms with Gasteiger partial charge in [0.15, 0.2) is 0 Å². The van der Waals surface area contributed by atoms with Gasteiger partial charge in [0.05, 0.1) is 12.1 Å². The van der Waals surface area contributed by atoms with E-state index in [1.54, 1.807) is 0 Å². The number of benzene rings is 1. The smallest absolute Gasteiger partial charge is 0.0747 e. The average molecular weight is 230 g/mol. The maximum Gasteiger partial charge on any atom is 0.0747 e. The Morgan fingerprint density at radius 2 is 2.06 bits per heavy atom. The molecule has 0 atom stereocenters. The largest absolute Gasteiger partial charge is 0.301 e. The SMILES string of the molecule is CC(C)CONCc1cccc2cccnc12. The van der Waals surface area contributed by atoms with Crippen LogP contribution in [0.25, 0.3) is 10.9 Å².